The average molecular weight is 338 g/mol. The number of primary amides is 1. The summed E-state index contributed by atoms with van der Waals surface area (Å²) < 4.78 is 32.4. The molecule has 0 aromatic heterocycles. The molecule has 2 atom stereocenters. The van der Waals surface area contributed by atoms with E-state index < -0.39 is 17.5 Å². The number of halogens is 2. The number of nitrogens with zero attached hydrogens (tertiary/aromatic N) is 1. The summed E-state index contributed by atoms with van der Waals surface area (Å²) in [4.78, 5) is 25.4. The highest BCUT2D eigenvalue weighted by atomic mass is 19.1. The number of carbonyl (C=O) groups excluding carboxylic acids is 2. The predicted molar refractivity (Wildman–Crippen MR) is 82.0 cm³/mol. The number of carbonyl (C=O) groups is 2. The quantitative estimate of drug-likeness (QED) is 0.912. The molecule has 2 N–H and O–H groups in total. The molecular weight excluding hydrogens is 318 g/mol. The Morgan fingerprint density at radius 3 is 2.50 bits per heavy atom. The van der Waals surface area contributed by atoms with Crippen LogP contribution in [0.2, 0.25) is 0 Å². The first-order valence-electron chi connectivity index (χ1n) is 8.12. The fourth-order valence-electron chi connectivity index (χ4n) is 3.64. The summed E-state index contributed by atoms with van der Waals surface area (Å²) in [7, 11) is 0. The van der Waals surface area contributed by atoms with Crippen LogP contribution in [0.4, 0.5) is 8.78 Å². The summed E-state index contributed by atoms with van der Waals surface area (Å²) >= 11 is 0. The highest BCUT2D eigenvalue weighted by molar-refractivity contribution is 5.94. The summed E-state index contributed by atoms with van der Waals surface area (Å²) in [6, 6.07) is 2.96. The molecule has 2 amide bonds. The fraction of sp³-hybridized carbons (Fsp3) is 0.529. The molecule has 0 spiro atoms. The van der Waals surface area contributed by atoms with E-state index in [1.54, 1.807) is 4.90 Å². The van der Waals surface area contributed by atoms with Crippen molar-refractivity contribution in [2.75, 3.05) is 19.7 Å². The lowest BCUT2D eigenvalue weighted by molar-refractivity contribution is -0.124. The third-order valence-electron chi connectivity index (χ3n) is 4.95. The van der Waals surface area contributed by atoms with Crippen molar-refractivity contribution in [1.29, 1.82) is 0 Å². The fourth-order valence-corrected chi connectivity index (χ4v) is 3.64. The van der Waals surface area contributed by atoms with Gasteiger partial charge in [-0.2, -0.15) is 0 Å². The summed E-state index contributed by atoms with van der Waals surface area (Å²) in [5.74, 6) is -2.46. The van der Waals surface area contributed by atoms with Crippen LogP contribution in [0.25, 0.3) is 0 Å². The molecule has 24 heavy (non-hydrogen) atoms. The van der Waals surface area contributed by atoms with Crippen LogP contribution in [0.15, 0.2) is 18.2 Å². The third kappa shape index (κ3) is 3.26. The molecule has 1 aromatic carbocycles. The number of hydrogen-bond donors (Lipinski definition) is 1. The summed E-state index contributed by atoms with van der Waals surface area (Å²) in [6.07, 6.45) is 1.79. The summed E-state index contributed by atoms with van der Waals surface area (Å²) in [5.41, 5.74) is 5.30. The Balaban J connectivity index is 1.62. The Hall–Kier alpha value is -2.02. The van der Waals surface area contributed by atoms with E-state index in [2.05, 4.69) is 0 Å². The maximum Gasteiger partial charge on any atom is 0.256 e. The van der Waals surface area contributed by atoms with E-state index in [1.165, 1.54) is 6.07 Å². The molecule has 2 fully saturated rings. The number of benzene rings is 1. The number of likely N-dealkylation sites (tertiary alicyclic amines) is 1. The first-order valence-corrected chi connectivity index (χ1v) is 8.12. The Labute approximate surface area is 138 Å². The first kappa shape index (κ1) is 16.8. The van der Waals surface area contributed by atoms with Crippen LogP contribution in [0.5, 0.6) is 0 Å². The van der Waals surface area contributed by atoms with Gasteiger partial charge in [-0.1, -0.05) is 0 Å². The highest BCUT2D eigenvalue weighted by Crippen LogP contribution is 2.33. The molecule has 2 aliphatic rings. The van der Waals surface area contributed by atoms with Crippen molar-refractivity contribution >= 4 is 11.8 Å². The van der Waals surface area contributed by atoms with Crippen LogP contribution in [-0.2, 0) is 9.53 Å². The molecule has 0 bridgehead atoms. The smallest absolute Gasteiger partial charge is 0.256 e. The van der Waals surface area contributed by atoms with E-state index in [0.29, 0.717) is 45.0 Å². The minimum Gasteiger partial charge on any atom is -0.377 e. The largest absolute Gasteiger partial charge is 0.377 e. The lowest BCUT2D eigenvalue weighted by atomic mass is 9.84. The Bertz CT molecular complexity index is 645. The number of hydrogen-bond acceptors (Lipinski definition) is 3. The molecule has 3 rings (SSSR count). The molecule has 0 unspecified atom stereocenters. The SMILES string of the molecule is NC(=O)[C@H]1CCO[C@@H]1C1CCN(C(=O)c2ccc(F)cc2F)CC1. The van der Waals surface area contributed by atoms with Gasteiger partial charge in [0.15, 0.2) is 0 Å². The molecule has 2 saturated heterocycles. The molecule has 7 heteroatoms. The molecule has 2 heterocycles. The second-order valence-corrected chi connectivity index (χ2v) is 6.39. The van der Waals surface area contributed by atoms with E-state index in [-0.39, 0.29) is 29.4 Å². The Morgan fingerprint density at radius 2 is 1.88 bits per heavy atom. The molecule has 130 valence electrons. The van der Waals surface area contributed by atoms with Gasteiger partial charge in [0.2, 0.25) is 5.91 Å². The number of piperidine rings is 1. The molecule has 0 radical (unpaired) electrons. The molecule has 5 nitrogen and oxygen atoms in total. The van der Waals surface area contributed by atoms with E-state index in [0.717, 1.165) is 6.07 Å². The minimum atomic E-state index is -0.852. The maximum atomic E-state index is 13.8. The number of nitrogens with two attached hydrogens (primary N) is 1. The van der Waals surface area contributed by atoms with Crippen molar-refractivity contribution in [2.24, 2.45) is 17.6 Å². The van der Waals surface area contributed by atoms with E-state index >= 15 is 0 Å². The van der Waals surface area contributed by atoms with Crippen molar-refractivity contribution in [2.45, 2.75) is 25.4 Å². The van der Waals surface area contributed by atoms with Gasteiger partial charge < -0.3 is 15.4 Å². The molecule has 2 aliphatic heterocycles. The number of ether oxygens (including phenoxy) is 1. The van der Waals surface area contributed by atoms with Gasteiger partial charge >= 0.3 is 0 Å². The second-order valence-electron chi connectivity index (χ2n) is 6.39. The highest BCUT2D eigenvalue weighted by Gasteiger charge is 2.40. The Kier molecular flexibility index (Phi) is 4.80. The second kappa shape index (κ2) is 6.84. The maximum absolute atomic E-state index is 13.8. The molecular formula is C17H20F2N2O3. The van der Waals surface area contributed by atoms with Gasteiger partial charge in [-0.15, -0.1) is 0 Å². The third-order valence-corrected chi connectivity index (χ3v) is 4.95. The monoisotopic (exact) mass is 338 g/mol. The average Bonchev–Trinajstić information content (AvgIpc) is 3.04. The zero-order valence-electron chi connectivity index (χ0n) is 13.2. The van der Waals surface area contributed by atoms with Crippen molar-refractivity contribution in [1.82, 2.24) is 4.90 Å². The van der Waals surface area contributed by atoms with Crippen molar-refractivity contribution in [3.8, 4) is 0 Å². The standard InChI is InChI=1S/C17H20F2N2O3/c18-11-1-2-12(14(19)9-11)17(23)21-6-3-10(4-7-21)15-13(16(20)22)5-8-24-15/h1-2,9-10,13,15H,3-8H2,(H2,20,22)/t13-,15+/m0/s1. The van der Waals surface area contributed by atoms with Gasteiger partial charge in [0.1, 0.15) is 11.6 Å². The minimum absolute atomic E-state index is 0.123. The van der Waals surface area contributed by atoms with E-state index in [9.17, 15) is 18.4 Å². The first-order chi connectivity index (χ1) is 11.5. The zero-order chi connectivity index (χ0) is 17.3. The van der Waals surface area contributed by atoms with Gasteiger partial charge in [0.25, 0.3) is 5.91 Å². The van der Waals surface area contributed by atoms with Crippen LogP contribution in [0.3, 0.4) is 0 Å². The lowest BCUT2D eigenvalue weighted by Gasteiger charge is -2.35. The van der Waals surface area contributed by atoms with Gasteiger partial charge in [-0.05, 0) is 37.3 Å². The van der Waals surface area contributed by atoms with Gasteiger partial charge in [-0.25, -0.2) is 8.78 Å². The topological polar surface area (TPSA) is 72.6 Å². The zero-order valence-corrected chi connectivity index (χ0v) is 13.2. The molecule has 0 aliphatic carbocycles. The normalized spacial score (nSPS) is 25.0. The van der Waals surface area contributed by atoms with E-state index in [4.69, 9.17) is 10.5 Å². The van der Waals surface area contributed by atoms with Gasteiger partial charge in [0.05, 0.1) is 17.6 Å². The van der Waals surface area contributed by atoms with Crippen LogP contribution in [-0.4, -0.2) is 42.5 Å². The van der Waals surface area contributed by atoms with Gasteiger partial charge in [0, 0.05) is 25.8 Å². The van der Waals surface area contributed by atoms with Crippen LogP contribution in [0, 0.1) is 23.5 Å². The molecule has 1 aromatic rings. The number of amides is 2. The molecule has 0 saturated carbocycles. The summed E-state index contributed by atoms with van der Waals surface area (Å²) in [5, 5.41) is 0. The lowest BCUT2D eigenvalue weighted by Crippen LogP contribution is -2.44. The van der Waals surface area contributed by atoms with Crippen molar-refractivity contribution < 1.29 is 23.1 Å². The van der Waals surface area contributed by atoms with Crippen molar-refractivity contribution in [3.63, 3.8) is 0 Å². The van der Waals surface area contributed by atoms with Crippen molar-refractivity contribution in [3.05, 3.63) is 35.4 Å². The van der Waals surface area contributed by atoms with Crippen LogP contribution in [0.1, 0.15) is 29.6 Å². The predicted octanol–water partition coefficient (Wildman–Crippen LogP) is 1.71. The van der Waals surface area contributed by atoms with Crippen LogP contribution >= 0.6 is 0 Å². The van der Waals surface area contributed by atoms with Gasteiger partial charge in [-0.3, -0.25) is 9.59 Å². The summed E-state index contributed by atoms with van der Waals surface area (Å²) in [6.45, 7) is 1.43. The van der Waals surface area contributed by atoms with E-state index in [1.807, 2.05) is 0 Å². The number of rotatable bonds is 3. The Morgan fingerprint density at radius 1 is 1.17 bits per heavy atom. The van der Waals surface area contributed by atoms with Crippen LogP contribution < -0.4 is 5.73 Å².